The fourth-order valence-electron chi connectivity index (χ4n) is 1.79. The normalized spacial score (nSPS) is 11.9. The zero-order valence-corrected chi connectivity index (χ0v) is 12.4. The molecular formula is C15H15BrN2O. The van der Waals surface area contributed by atoms with Gasteiger partial charge in [-0.3, -0.25) is 9.78 Å². The van der Waals surface area contributed by atoms with E-state index < -0.39 is 0 Å². The zero-order valence-electron chi connectivity index (χ0n) is 10.9. The number of aromatic nitrogens is 1. The van der Waals surface area contributed by atoms with Gasteiger partial charge in [0.05, 0.1) is 11.6 Å². The molecule has 0 spiro atoms. The molecule has 1 N–H and O–H groups in total. The number of halogens is 1. The summed E-state index contributed by atoms with van der Waals surface area (Å²) in [7, 11) is 0. The number of aryl methyl sites for hydroxylation is 1. The maximum atomic E-state index is 12.1. The summed E-state index contributed by atoms with van der Waals surface area (Å²) in [5.74, 6) is -0.115. The second kappa shape index (κ2) is 5.97. The highest BCUT2D eigenvalue weighted by molar-refractivity contribution is 9.10. The largest absolute Gasteiger partial charge is 0.345 e. The van der Waals surface area contributed by atoms with Crippen molar-refractivity contribution in [1.82, 2.24) is 10.3 Å². The number of hydrogen-bond acceptors (Lipinski definition) is 2. The quantitative estimate of drug-likeness (QED) is 0.938. The number of hydrogen-bond donors (Lipinski definition) is 1. The van der Waals surface area contributed by atoms with E-state index >= 15 is 0 Å². The summed E-state index contributed by atoms with van der Waals surface area (Å²) >= 11 is 3.49. The predicted octanol–water partition coefficient (Wildman–Crippen LogP) is 3.64. The molecule has 1 unspecified atom stereocenters. The molecule has 0 aliphatic heterocycles. The Morgan fingerprint density at radius 1 is 1.26 bits per heavy atom. The van der Waals surface area contributed by atoms with Crippen molar-refractivity contribution in [3.8, 4) is 0 Å². The lowest BCUT2D eigenvalue weighted by Gasteiger charge is -2.15. The van der Waals surface area contributed by atoms with E-state index in [0.29, 0.717) is 5.56 Å². The van der Waals surface area contributed by atoms with Crippen LogP contribution in [0.5, 0.6) is 0 Å². The van der Waals surface area contributed by atoms with E-state index in [4.69, 9.17) is 0 Å². The number of rotatable bonds is 3. The molecule has 2 aromatic rings. The monoisotopic (exact) mass is 318 g/mol. The number of carbonyl (C=O) groups is 1. The SMILES string of the molecule is Cc1ccc(C(=O)NC(C)c2ccccc2Br)cn1. The first kappa shape index (κ1) is 13.7. The van der Waals surface area contributed by atoms with Gasteiger partial charge >= 0.3 is 0 Å². The summed E-state index contributed by atoms with van der Waals surface area (Å²) in [6.45, 7) is 3.85. The Balaban J connectivity index is 2.11. The van der Waals surface area contributed by atoms with Gasteiger partial charge in [0.15, 0.2) is 0 Å². The van der Waals surface area contributed by atoms with Gasteiger partial charge < -0.3 is 5.32 Å². The third-order valence-corrected chi connectivity index (χ3v) is 3.62. The molecule has 1 aromatic heterocycles. The first-order valence-electron chi connectivity index (χ1n) is 6.06. The van der Waals surface area contributed by atoms with Crippen LogP contribution >= 0.6 is 15.9 Å². The van der Waals surface area contributed by atoms with Crippen LogP contribution in [0, 0.1) is 6.92 Å². The van der Waals surface area contributed by atoms with Crippen molar-refractivity contribution in [2.45, 2.75) is 19.9 Å². The lowest BCUT2D eigenvalue weighted by molar-refractivity contribution is 0.0939. The molecule has 3 nitrogen and oxygen atoms in total. The van der Waals surface area contributed by atoms with Crippen LogP contribution in [0.4, 0.5) is 0 Å². The van der Waals surface area contributed by atoms with Crippen molar-refractivity contribution >= 4 is 21.8 Å². The van der Waals surface area contributed by atoms with E-state index in [-0.39, 0.29) is 11.9 Å². The van der Waals surface area contributed by atoms with Gasteiger partial charge in [-0.15, -0.1) is 0 Å². The van der Waals surface area contributed by atoms with Crippen molar-refractivity contribution in [1.29, 1.82) is 0 Å². The summed E-state index contributed by atoms with van der Waals surface area (Å²) in [5, 5.41) is 2.96. The van der Waals surface area contributed by atoms with Gasteiger partial charge in [-0.1, -0.05) is 34.1 Å². The molecule has 0 bridgehead atoms. The summed E-state index contributed by atoms with van der Waals surface area (Å²) in [5.41, 5.74) is 2.52. The topological polar surface area (TPSA) is 42.0 Å². The molecule has 1 amide bonds. The van der Waals surface area contributed by atoms with Gasteiger partial charge in [0.1, 0.15) is 0 Å². The minimum Gasteiger partial charge on any atom is -0.345 e. The van der Waals surface area contributed by atoms with Gasteiger partial charge in [0.2, 0.25) is 0 Å². The van der Waals surface area contributed by atoms with E-state index in [1.165, 1.54) is 0 Å². The van der Waals surface area contributed by atoms with Gasteiger partial charge in [0.25, 0.3) is 5.91 Å². The van der Waals surface area contributed by atoms with Crippen LogP contribution in [0.1, 0.15) is 34.6 Å². The molecule has 0 saturated heterocycles. The third-order valence-electron chi connectivity index (χ3n) is 2.89. The Hall–Kier alpha value is -1.68. The van der Waals surface area contributed by atoms with Crippen LogP contribution in [0.15, 0.2) is 47.1 Å². The minimum atomic E-state index is -0.115. The van der Waals surface area contributed by atoms with E-state index in [1.807, 2.05) is 44.2 Å². The smallest absolute Gasteiger partial charge is 0.253 e. The van der Waals surface area contributed by atoms with E-state index in [9.17, 15) is 4.79 Å². The first-order valence-corrected chi connectivity index (χ1v) is 6.85. The fraction of sp³-hybridized carbons (Fsp3) is 0.200. The highest BCUT2D eigenvalue weighted by Gasteiger charge is 2.13. The lowest BCUT2D eigenvalue weighted by Crippen LogP contribution is -2.26. The molecule has 0 fully saturated rings. The average Bonchev–Trinajstić information content (AvgIpc) is 2.39. The minimum absolute atomic E-state index is 0.0654. The van der Waals surface area contributed by atoms with Gasteiger partial charge in [-0.2, -0.15) is 0 Å². The highest BCUT2D eigenvalue weighted by Crippen LogP contribution is 2.22. The van der Waals surface area contributed by atoms with Crippen LogP contribution in [0.25, 0.3) is 0 Å². The number of pyridine rings is 1. The van der Waals surface area contributed by atoms with Crippen molar-refractivity contribution in [3.63, 3.8) is 0 Å². The molecule has 0 aliphatic carbocycles. The van der Waals surface area contributed by atoms with Crippen LogP contribution in [-0.2, 0) is 0 Å². The Morgan fingerprint density at radius 3 is 2.63 bits per heavy atom. The van der Waals surface area contributed by atoms with Crippen LogP contribution in [0.2, 0.25) is 0 Å². The molecule has 4 heteroatoms. The second-order valence-corrected chi connectivity index (χ2v) is 5.26. The Morgan fingerprint density at radius 2 is 2.00 bits per heavy atom. The summed E-state index contributed by atoms with van der Waals surface area (Å²) in [6, 6.07) is 11.4. The summed E-state index contributed by atoms with van der Waals surface area (Å²) in [4.78, 5) is 16.2. The predicted molar refractivity (Wildman–Crippen MR) is 79.0 cm³/mol. The average molecular weight is 319 g/mol. The second-order valence-electron chi connectivity index (χ2n) is 4.40. The maximum Gasteiger partial charge on any atom is 0.253 e. The molecule has 2 rings (SSSR count). The van der Waals surface area contributed by atoms with Gasteiger partial charge in [-0.25, -0.2) is 0 Å². The van der Waals surface area contributed by atoms with Crippen LogP contribution in [-0.4, -0.2) is 10.9 Å². The first-order chi connectivity index (χ1) is 9.08. The van der Waals surface area contributed by atoms with Crippen molar-refractivity contribution in [2.24, 2.45) is 0 Å². The molecule has 19 heavy (non-hydrogen) atoms. The lowest BCUT2D eigenvalue weighted by atomic mass is 10.1. The molecule has 0 saturated carbocycles. The Bertz CT molecular complexity index is 581. The number of amides is 1. The van der Waals surface area contributed by atoms with Gasteiger partial charge in [0, 0.05) is 16.4 Å². The Labute approximate surface area is 121 Å². The number of nitrogens with zero attached hydrogens (tertiary/aromatic N) is 1. The zero-order chi connectivity index (χ0) is 13.8. The molecule has 0 radical (unpaired) electrons. The number of nitrogens with one attached hydrogen (secondary N) is 1. The number of carbonyl (C=O) groups excluding carboxylic acids is 1. The molecule has 1 atom stereocenters. The van der Waals surface area contributed by atoms with Crippen molar-refractivity contribution in [2.75, 3.05) is 0 Å². The fourth-order valence-corrected chi connectivity index (χ4v) is 2.41. The van der Waals surface area contributed by atoms with Crippen molar-refractivity contribution in [3.05, 3.63) is 63.9 Å². The third kappa shape index (κ3) is 3.41. The molecular weight excluding hydrogens is 304 g/mol. The van der Waals surface area contributed by atoms with E-state index in [1.54, 1.807) is 12.3 Å². The molecule has 98 valence electrons. The van der Waals surface area contributed by atoms with E-state index in [0.717, 1.165) is 15.7 Å². The van der Waals surface area contributed by atoms with Gasteiger partial charge in [-0.05, 0) is 37.6 Å². The highest BCUT2D eigenvalue weighted by atomic mass is 79.9. The van der Waals surface area contributed by atoms with E-state index in [2.05, 4.69) is 26.2 Å². The molecule has 0 aliphatic rings. The summed E-state index contributed by atoms with van der Waals surface area (Å²) in [6.07, 6.45) is 1.59. The molecule has 1 heterocycles. The molecule has 1 aromatic carbocycles. The van der Waals surface area contributed by atoms with Crippen molar-refractivity contribution < 1.29 is 4.79 Å². The standard InChI is InChI=1S/C15H15BrN2O/c1-10-7-8-12(9-17-10)15(19)18-11(2)13-5-3-4-6-14(13)16/h3-9,11H,1-2H3,(H,18,19). The van der Waals surface area contributed by atoms with Crippen LogP contribution in [0.3, 0.4) is 0 Å². The Kier molecular flexibility index (Phi) is 4.32. The van der Waals surface area contributed by atoms with Crippen LogP contribution < -0.4 is 5.32 Å². The number of benzene rings is 1. The maximum absolute atomic E-state index is 12.1. The summed E-state index contributed by atoms with van der Waals surface area (Å²) < 4.78 is 0.991.